The molecule has 3 aromatic rings. The first-order chi connectivity index (χ1) is 9.65. The molecular formula is C16H22N4. The van der Waals surface area contributed by atoms with Crippen molar-refractivity contribution in [1.82, 2.24) is 19.4 Å². The quantitative estimate of drug-likeness (QED) is 0.708. The third-order valence-electron chi connectivity index (χ3n) is 3.21. The van der Waals surface area contributed by atoms with E-state index in [0.717, 1.165) is 11.1 Å². The molecule has 0 fully saturated rings. The van der Waals surface area contributed by atoms with E-state index in [2.05, 4.69) is 42.4 Å². The Morgan fingerprint density at radius 1 is 0.950 bits per heavy atom. The van der Waals surface area contributed by atoms with Gasteiger partial charge in [0.05, 0.1) is 17.9 Å². The number of rotatable bonds is 2. The highest BCUT2D eigenvalue weighted by molar-refractivity contribution is 5.65. The van der Waals surface area contributed by atoms with Crippen molar-refractivity contribution in [2.75, 3.05) is 0 Å². The molecule has 0 aliphatic rings. The van der Waals surface area contributed by atoms with Crippen molar-refractivity contribution in [2.45, 2.75) is 33.6 Å². The van der Waals surface area contributed by atoms with Crippen LogP contribution in [0.2, 0.25) is 0 Å². The standard InChI is InChI=1S/C14H16N4.C2H6/c1-10(2)13-7-16-18-9-11(4-5-14(13)18)12-6-15-17(3)8-12;1-2/h4-10H,1-3H3;1-2H3. The highest BCUT2D eigenvalue weighted by Crippen LogP contribution is 2.24. The van der Waals surface area contributed by atoms with Crippen LogP contribution in [0, 0.1) is 0 Å². The van der Waals surface area contributed by atoms with Gasteiger partial charge < -0.3 is 0 Å². The van der Waals surface area contributed by atoms with Gasteiger partial charge in [-0.05, 0) is 12.0 Å². The van der Waals surface area contributed by atoms with Gasteiger partial charge in [0.1, 0.15) is 0 Å². The summed E-state index contributed by atoms with van der Waals surface area (Å²) in [7, 11) is 1.92. The van der Waals surface area contributed by atoms with Gasteiger partial charge in [0.25, 0.3) is 0 Å². The predicted octanol–water partition coefficient (Wildman–Crippen LogP) is 3.88. The van der Waals surface area contributed by atoms with Gasteiger partial charge in [0.15, 0.2) is 0 Å². The maximum Gasteiger partial charge on any atom is 0.0696 e. The number of fused-ring (bicyclic) bond motifs is 1. The minimum absolute atomic E-state index is 0.492. The molecular weight excluding hydrogens is 248 g/mol. The number of hydrogen-bond acceptors (Lipinski definition) is 2. The van der Waals surface area contributed by atoms with Crippen molar-refractivity contribution >= 4 is 5.52 Å². The third kappa shape index (κ3) is 2.59. The molecule has 0 atom stereocenters. The van der Waals surface area contributed by atoms with Gasteiger partial charge in [0.2, 0.25) is 0 Å². The molecule has 20 heavy (non-hydrogen) atoms. The van der Waals surface area contributed by atoms with Crippen LogP contribution in [0.3, 0.4) is 0 Å². The molecule has 0 radical (unpaired) electrons. The lowest BCUT2D eigenvalue weighted by Crippen LogP contribution is -1.90. The van der Waals surface area contributed by atoms with Crippen LogP contribution in [0.25, 0.3) is 16.6 Å². The minimum Gasteiger partial charge on any atom is -0.275 e. The zero-order chi connectivity index (χ0) is 14.7. The van der Waals surface area contributed by atoms with E-state index < -0.39 is 0 Å². The zero-order valence-electron chi connectivity index (χ0n) is 12.8. The second kappa shape index (κ2) is 5.90. The molecule has 4 heteroatoms. The summed E-state index contributed by atoms with van der Waals surface area (Å²) in [6.45, 7) is 8.37. The normalized spacial score (nSPS) is 10.7. The zero-order valence-corrected chi connectivity index (χ0v) is 12.8. The van der Waals surface area contributed by atoms with Crippen molar-refractivity contribution in [3.63, 3.8) is 0 Å². The van der Waals surface area contributed by atoms with Crippen LogP contribution in [0.1, 0.15) is 39.2 Å². The van der Waals surface area contributed by atoms with Gasteiger partial charge in [0, 0.05) is 36.1 Å². The summed E-state index contributed by atoms with van der Waals surface area (Å²) in [6, 6.07) is 4.25. The predicted molar refractivity (Wildman–Crippen MR) is 82.8 cm³/mol. The van der Waals surface area contributed by atoms with Crippen LogP contribution in [0.4, 0.5) is 0 Å². The number of hydrogen-bond donors (Lipinski definition) is 0. The van der Waals surface area contributed by atoms with Gasteiger partial charge in [-0.3, -0.25) is 4.68 Å². The fraction of sp³-hybridized carbons (Fsp3) is 0.375. The summed E-state index contributed by atoms with van der Waals surface area (Å²) < 4.78 is 3.75. The van der Waals surface area contributed by atoms with E-state index in [1.165, 1.54) is 11.1 Å². The number of pyridine rings is 1. The van der Waals surface area contributed by atoms with Gasteiger partial charge >= 0.3 is 0 Å². The Labute approximate surface area is 120 Å². The molecule has 0 aliphatic carbocycles. The topological polar surface area (TPSA) is 35.1 Å². The van der Waals surface area contributed by atoms with Crippen LogP contribution >= 0.6 is 0 Å². The Morgan fingerprint density at radius 2 is 1.70 bits per heavy atom. The summed E-state index contributed by atoms with van der Waals surface area (Å²) in [6.07, 6.45) is 7.88. The van der Waals surface area contributed by atoms with Gasteiger partial charge in [-0.1, -0.05) is 33.8 Å². The molecule has 0 bridgehead atoms. The van der Waals surface area contributed by atoms with Crippen LogP contribution < -0.4 is 0 Å². The molecule has 3 heterocycles. The van der Waals surface area contributed by atoms with E-state index in [1.807, 2.05) is 48.7 Å². The number of aryl methyl sites for hydroxylation is 1. The summed E-state index contributed by atoms with van der Waals surface area (Å²) in [5.74, 6) is 0.492. The molecule has 0 unspecified atom stereocenters. The van der Waals surface area contributed by atoms with Gasteiger partial charge in [-0.15, -0.1) is 0 Å². The Kier molecular flexibility index (Phi) is 4.23. The molecule has 0 spiro atoms. The average molecular weight is 270 g/mol. The fourth-order valence-corrected chi connectivity index (χ4v) is 2.19. The van der Waals surface area contributed by atoms with Crippen molar-refractivity contribution in [3.05, 3.63) is 42.5 Å². The first-order valence-electron chi connectivity index (χ1n) is 7.11. The van der Waals surface area contributed by atoms with E-state index >= 15 is 0 Å². The summed E-state index contributed by atoms with van der Waals surface area (Å²) >= 11 is 0. The highest BCUT2D eigenvalue weighted by atomic mass is 15.2. The number of nitrogens with zero attached hydrogens (tertiary/aromatic N) is 4. The van der Waals surface area contributed by atoms with Gasteiger partial charge in [-0.25, -0.2) is 4.52 Å². The molecule has 0 saturated carbocycles. The van der Waals surface area contributed by atoms with E-state index in [-0.39, 0.29) is 0 Å². The molecule has 3 rings (SSSR count). The molecule has 0 N–H and O–H groups in total. The number of aromatic nitrogens is 4. The molecule has 0 aromatic carbocycles. The monoisotopic (exact) mass is 270 g/mol. The van der Waals surface area contributed by atoms with Crippen LogP contribution in [0.5, 0.6) is 0 Å². The molecule has 3 aromatic heterocycles. The van der Waals surface area contributed by atoms with E-state index in [1.54, 1.807) is 0 Å². The Bertz CT molecular complexity index is 691. The lowest BCUT2D eigenvalue weighted by Gasteiger charge is -2.03. The van der Waals surface area contributed by atoms with E-state index in [0.29, 0.717) is 5.92 Å². The van der Waals surface area contributed by atoms with Gasteiger partial charge in [-0.2, -0.15) is 10.2 Å². The first kappa shape index (κ1) is 14.3. The van der Waals surface area contributed by atoms with Crippen LogP contribution in [-0.2, 0) is 7.05 Å². The largest absolute Gasteiger partial charge is 0.275 e. The highest BCUT2D eigenvalue weighted by Gasteiger charge is 2.09. The van der Waals surface area contributed by atoms with E-state index in [4.69, 9.17) is 0 Å². The summed E-state index contributed by atoms with van der Waals surface area (Å²) in [4.78, 5) is 0. The second-order valence-corrected chi connectivity index (χ2v) is 4.90. The minimum atomic E-state index is 0.492. The summed E-state index contributed by atoms with van der Waals surface area (Å²) in [5, 5.41) is 8.62. The molecule has 0 saturated heterocycles. The second-order valence-electron chi connectivity index (χ2n) is 4.90. The van der Waals surface area contributed by atoms with Crippen LogP contribution in [0.15, 0.2) is 36.9 Å². The lowest BCUT2D eigenvalue weighted by molar-refractivity contribution is 0.768. The maximum atomic E-state index is 4.42. The molecule has 4 nitrogen and oxygen atoms in total. The molecule has 106 valence electrons. The van der Waals surface area contributed by atoms with E-state index in [9.17, 15) is 0 Å². The van der Waals surface area contributed by atoms with Crippen molar-refractivity contribution in [2.24, 2.45) is 7.05 Å². The van der Waals surface area contributed by atoms with Crippen LogP contribution in [-0.4, -0.2) is 19.4 Å². The van der Waals surface area contributed by atoms with Crippen molar-refractivity contribution in [1.29, 1.82) is 0 Å². The van der Waals surface area contributed by atoms with Crippen molar-refractivity contribution < 1.29 is 0 Å². The first-order valence-corrected chi connectivity index (χ1v) is 7.11. The average Bonchev–Trinajstić information content (AvgIpc) is 3.06. The Hall–Kier alpha value is -2.10. The summed E-state index contributed by atoms with van der Waals surface area (Å²) in [5.41, 5.74) is 4.71. The molecule has 0 aliphatic heterocycles. The molecule has 0 amide bonds. The fourth-order valence-electron chi connectivity index (χ4n) is 2.19. The third-order valence-corrected chi connectivity index (χ3v) is 3.21. The van der Waals surface area contributed by atoms with Crippen molar-refractivity contribution in [3.8, 4) is 11.1 Å². The Balaban J connectivity index is 0.000000704. The SMILES string of the molecule is CC.CC(C)c1cnn2cc(-c3cnn(C)c3)ccc12. The smallest absolute Gasteiger partial charge is 0.0696 e. The maximum absolute atomic E-state index is 4.42. The Morgan fingerprint density at radius 3 is 2.30 bits per heavy atom. The lowest BCUT2D eigenvalue weighted by atomic mass is 10.0.